The van der Waals surface area contributed by atoms with Crippen LogP contribution in [0.1, 0.15) is 22.0 Å². The summed E-state index contributed by atoms with van der Waals surface area (Å²) in [4.78, 5) is 28.8. The SMILES string of the molecule is COc1ccc(N2CCN(C(=O)c3ccc(NC(=O)O)cc3)C(c3ccccc3)C2)c2ccccc12. The number of rotatable bonds is 5. The van der Waals surface area contributed by atoms with Gasteiger partial charge in [-0.15, -0.1) is 0 Å². The highest BCUT2D eigenvalue weighted by Crippen LogP contribution is 2.37. The molecule has 4 aromatic carbocycles. The molecular weight excluding hydrogens is 454 g/mol. The number of fused-ring (bicyclic) bond motifs is 1. The van der Waals surface area contributed by atoms with Crippen LogP contribution in [0.4, 0.5) is 16.2 Å². The Hall–Kier alpha value is -4.52. The second kappa shape index (κ2) is 10.00. The normalized spacial score (nSPS) is 15.5. The topological polar surface area (TPSA) is 82.1 Å². The second-order valence-electron chi connectivity index (χ2n) is 8.71. The molecule has 0 aliphatic carbocycles. The van der Waals surface area contributed by atoms with Crippen LogP contribution in [0.15, 0.2) is 91.0 Å². The zero-order chi connectivity index (χ0) is 25.1. The molecule has 2 N–H and O–H groups in total. The number of methoxy groups -OCH3 is 1. The molecule has 1 aliphatic heterocycles. The Balaban J connectivity index is 1.47. The number of hydrogen-bond acceptors (Lipinski definition) is 4. The number of piperazine rings is 1. The Labute approximate surface area is 209 Å². The summed E-state index contributed by atoms with van der Waals surface area (Å²) in [6, 6.07) is 28.8. The number of carboxylic acid groups (broad SMARTS) is 1. The molecule has 1 atom stereocenters. The number of anilines is 2. The predicted octanol–water partition coefficient (Wildman–Crippen LogP) is 5.64. The Morgan fingerprint density at radius 3 is 2.25 bits per heavy atom. The third-order valence-electron chi connectivity index (χ3n) is 6.63. The Morgan fingerprint density at radius 2 is 1.56 bits per heavy atom. The molecule has 0 saturated carbocycles. The summed E-state index contributed by atoms with van der Waals surface area (Å²) in [5, 5.41) is 13.4. The van der Waals surface area contributed by atoms with E-state index in [0.717, 1.165) is 27.8 Å². The molecule has 7 heteroatoms. The van der Waals surface area contributed by atoms with E-state index in [2.05, 4.69) is 40.5 Å². The lowest BCUT2D eigenvalue weighted by atomic mass is 9.99. The van der Waals surface area contributed by atoms with Gasteiger partial charge >= 0.3 is 6.09 Å². The first-order chi connectivity index (χ1) is 17.5. The largest absolute Gasteiger partial charge is 0.496 e. The summed E-state index contributed by atoms with van der Waals surface area (Å²) in [6.07, 6.45) is -1.14. The predicted molar refractivity (Wildman–Crippen MR) is 141 cm³/mol. The first kappa shape index (κ1) is 23.2. The molecule has 0 aromatic heterocycles. The lowest BCUT2D eigenvalue weighted by molar-refractivity contribution is 0.0655. The van der Waals surface area contributed by atoms with Gasteiger partial charge in [0.05, 0.1) is 13.2 Å². The van der Waals surface area contributed by atoms with Gasteiger partial charge in [0.1, 0.15) is 5.75 Å². The summed E-state index contributed by atoms with van der Waals surface area (Å²) < 4.78 is 5.58. The minimum absolute atomic E-state index is 0.0787. The average Bonchev–Trinajstić information content (AvgIpc) is 2.92. The van der Waals surface area contributed by atoms with Crippen molar-refractivity contribution in [3.63, 3.8) is 0 Å². The van der Waals surface area contributed by atoms with Gasteiger partial charge in [-0.2, -0.15) is 0 Å². The van der Waals surface area contributed by atoms with Gasteiger partial charge in [-0.25, -0.2) is 4.79 Å². The van der Waals surface area contributed by atoms with Crippen molar-refractivity contribution < 1.29 is 19.4 Å². The lowest BCUT2D eigenvalue weighted by Gasteiger charge is -2.43. The molecule has 5 rings (SSSR count). The monoisotopic (exact) mass is 481 g/mol. The number of hydrogen-bond donors (Lipinski definition) is 2. The van der Waals surface area contributed by atoms with Crippen molar-refractivity contribution in [1.29, 1.82) is 0 Å². The highest BCUT2D eigenvalue weighted by molar-refractivity contribution is 5.99. The highest BCUT2D eigenvalue weighted by Gasteiger charge is 2.33. The maximum absolute atomic E-state index is 13.6. The van der Waals surface area contributed by atoms with Crippen molar-refractivity contribution in [2.75, 3.05) is 37.0 Å². The zero-order valence-corrected chi connectivity index (χ0v) is 19.9. The van der Waals surface area contributed by atoms with Gasteiger partial charge in [-0.3, -0.25) is 10.1 Å². The standard InChI is InChI=1S/C29H27N3O4/c1-36-27-16-15-25(23-9-5-6-10-24(23)27)31-17-18-32(26(19-31)20-7-3-2-4-8-20)28(33)21-11-13-22(14-12-21)30-29(34)35/h2-16,26,30H,17-19H2,1H3,(H,34,35). The number of carbonyl (C=O) groups is 2. The Kier molecular flexibility index (Phi) is 6.45. The van der Waals surface area contributed by atoms with Gasteiger partial charge in [0.15, 0.2) is 0 Å². The molecular formula is C29H27N3O4. The van der Waals surface area contributed by atoms with Crippen LogP contribution in [-0.4, -0.2) is 48.8 Å². The van der Waals surface area contributed by atoms with E-state index in [9.17, 15) is 9.59 Å². The Bertz CT molecular complexity index is 1390. The minimum atomic E-state index is -1.14. The number of amides is 2. The molecule has 0 radical (unpaired) electrons. The first-order valence-electron chi connectivity index (χ1n) is 11.8. The molecule has 4 aromatic rings. The van der Waals surface area contributed by atoms with E-state index >= 15 is 0 Å². The van der Waals surface area contributed by atoms with Gasteiger partial charge in [0, 0.05) is 47.3 Å². The van der Waals surface area contributed by atoms with E-state index < -0.39 is 6.09 Å². The number of benzene rings is 4. The first-order valence-corrected chi connectivity index (χ1v) is 11.8. The lowest BCUT2D eigenvalue weighted by Crippen LogP contribution is -2.50. The van der Waals surface area contributed by atoms with Crippen molar-refractivity contribution >= 4 is 34.1 Å². The average molecular weight is 482 g/mol. The van der Waals surface area contributed by atoms with Crippen molar-refractivity contribution in [2.24, 2.45) is 0 Å². The summed E-state index contributed by atoms with van der Waals surface area (Å²) in [7, 11) is 1.68. The smallest absolute Gasteiger partial charge is 0.409 e. The zero-order valence-electron chi connectivity index (χ0n) is 19.9. The van der Waals surface area contributed by atoms with Gasteiger partial charge in [-0.05, 0) is 42.0 Å². The van der Waals surface area contributed by atoms with E-state index in [0.29, 0.717) is 30.9 Å². The third-order valence-corrected chi connectivity index (χ3v) is 6.63. The van der Waals surface area contributed by atoms with Crippen molar-refractivity contribution in [3.8, 4) is 5.75 Å². The van der Waals surface area contributed by atoms with Crippen LogP contribution < -0.4 is 15.0 Å². The summed E-state index contributed by atoms with van der Waals surface area (Å²) in [5.74, 6) is 0.758. The summed E-state index contributed by atoms with van der Waals surface area (Å²) in [5.41, 5.74) is 3.13. The number of nitrogens with zero attached hydrogens (tertiary/aromatic N) is 2. The quantitative estimate of drug-likeness (QED) is 0.385. The third kappa shape index (κ3) is 4.55. The van der Waals surface area contributed by atoms with Crippen molar-refractivity contribution in [2.45, 2.75) is 6.04 Å². The molecule has 1 unspecified atom stereocenters. The molecule has 1 fully saturated rings. The number of carbonyl (C=O) groups excluding carboxylic acids is 1. The minimum Gasteiger partial charge on any atom is -0.496 e. The fraction of sp³-hybridized carbons (Fsp3) is 0.172. The molecule has 7 nitrogen and oxygen atoms in total. The van der Waals surface area contributed by atoms with Gasteiger partial charge in [0.25, 0.3) is 5.91 Å². The molecule has 1 aliphatic rings. The van der Waals surface area contributed by atoms with Crippen molar-refractivity contribution in [3.05, 3.63) is 102 Å². The van der Waals surface area contributed by atoms with E-state index in [1.165, 1.54) is 0 Å². The van der Waals surface area contributed by atoms with Crippen LogP contribution in [-0.2, 0) is 0 Å². The number of ether oxygens (including phenoxy) is 1. The summed E-state index contributed by atoms with van der Waals surface area (Å²) in [6.45, 7) is 1.88. The van der Waals surface area contributed by atoms with Gasteiger partial charge in [0.2, 0.25) is 0 Å². The highest BCUT2D eigenvalue weighted by atomic mass is 16.5. The van der Waals surface area contributed by atoms with Crippen LogP contribution in [0.2, 0.25) is 0 Å². The van der Waals surface area contributed by atoms with E-state index in [1.54, 1.807) is 31.4 Å². The fourth-order valence-corrected chi connectivity index (χ4v) is 4.90. The van der Waals surface area contributed by atoms with E-state index in [1.807, 2.05) is 41.3 Å². The van der Waals surface area contributed by atoms with Gasteiger partial charge < -0.3 is 19.6 Å². The second-order valence-corrected chi connectivity index (χ2v) is 8.71. The van der Waals surface area contributed by atoms with Crippen LogP contribution in [0, 0.1) is 0 Å². The maximum Gasteiger partial charge on any atom is 0.409 e. The molecule has 1 saturated heterocycles. The molecule has 1 heterocycles. The van der Waals surface area contributed by atoms with E-state index in [-0.39, 0.29) is 11.9 Å². The molecule has 36 heavy (non-hydrogen) atoms. The van der Waals surface area contributed by atoms with Crippen molar-refractivity contribution in [1.82, 2.24) is 4.90 Å². The maximum atomic E-state index is 13.6. The summed E-state index contributed by atoms with van der Waals surface area (Å²) >= 11 is 0. The van der Waals surface area contributed by atoms with Crippen LogP contribution in [0.3, 0.4) is 0 Å². The van der Waals surface area contributed by atoms with Crippen LogP contribution >= 0.6 is 0 Å². The van der Waals surface area contributed by atoms with Crippen LogP contribution in [0.5, 0.6) is 5.75 Å². The molecule has 0 bridgehead atoms. The number of nitrogens with one attached hydrogen (secondary N) is 1. The van der Waals surface area contributed by atoms with E-state index in [4.69, 9.17) is 9.84 Å². The molecule has 2 amide bonds. The molecule has 182 valence electrons. The van der Waals surface area contributed by atoms with Crippen LogP contribution in [0.25, 0.3) is 10.8 Å². The van der Waals surface area contributed by atoms with Gasteiger partial charge in [-0.1, -0.05) is 54.6 Å². The Morgan fingerprint density at radius 1 is 0.861 bits per heavy atom. The molecule has 0 spiro atoms. The fourth-order valence-electron chi connectivity index (χ4n) is 4.90.